The largest absolute Gasteiger partial charge is 0.401 e. The monoisotopic (exact) mass is 231 g/mol. The van der Waals surface area contributed by atoms with Gasteiger partial charge < -0.3 is 5.73 Å². The van der Waals surface area contributed by atoms with Crippen molar-refractivity contribution in [1.29, 1.82) is 0 Å². The molecule has 0 aliphatic carbocycles. The maximum Gasteiger partial charge on any atom is 0.401 e. The molecule has 0 amide bonds. The molecule has 1 aliphatic rings. The van der Waals surface area contributed by atoms with Crippen LogP contribution in [-0.2, 0) is 13.0 Å². The lowest BCUT2D eigenvalue weighted by Gasteiger charge is -2.28. The molecule has 1 aliphatic heterocycles. The highest BCUT2D eigenvalue weighted by Crippen LogP contribution is 2.23. The van der Waals surface area contributed by atoms with Crippen LogP contribution in [0.25, 0.3) is 0 Å². The van der Waals surface area contributed by atoms with Gasteiger partial charge in [-0.1, -0.05) is 0 Å². The third kappa shape index (κ3) is 2.63. The molecule has 2 rings (SSSR count). The van der Waals surface area contributed by atoms with Crippen molar-refractivity contribution in [3.8, 4) is 0 Å². The van der Waals surface area contributed by atoms with Gasteiger partial charge in [0.2, 0.25) is 0 Å². The Hall–Kier alpha value is -1.30. The zero-order valence-corrected chi connectivity index (χ0v) is 8.59. The number of hydrogen-bond donors (Lipinski definition) is 1. The summed E-state index contributed by atoms with van der Waals surface area (Å²) in [5.41, 5.74) is 7.70. The summed E-state index contributed by atoms with van der Waals surface area (Å²) in [6, 6.07) is 1.70. The molecule has 88 valence electrons. The van der Waals surface area contributed by atoms with Crippen LogP contribution in [0.15, 0.2) is 12.3 Å². The van der Waals surface area contributed by atoms with Crippen LogP contribution in [0.4, 0.5) is 18.9 Å². The first-order valence-electron chi connectivity index (χ1n) is 4.96. The molecule has 1 aromatic rings. The molecule has 6 heteroatoms. The quantitative estimate of drug-likeness (QED) is 0.798. The van der Waals surface area contributed by atoms with E-state index < -0.39 is 12.7 Å². The number of alkyl halides is 3. The Labute approximate surface area is 91.1 Å². The second-order valence-corrected chi connectivity index (χ2v) is 3.95. The molecule has 0 spiro atoms. The lowest BCUT2D eigenvalue weighted by molar-refractivity contribution is -0.147. The fourth-order valence-corrected chi connectivity index (χ4v) is 1.89. The molecule has 0 saturated carbocycles. The molecule has 0 unspecified atom stereocenters. The summed E-state index contributed by atoms with van der Waals surface area (Å²) in [6.07, 6.45) is -2.06. The first-order valence-corrected chi connectivity index (χ1v) is 4.96. The summed E-state index contributed by atoms with van der Waals surface area (Å²) < 4.78 is 36.6. The van der Waals surface area contributed by atoms with E-state index in [4.69, 9.17) is 5.73 Å². The molecule has 0 bridgehead atoms. The van der Waals surface area contributed by atoms with Crippen LogP contribution in [-0.4, -0.2) is 29.1 Å². The fraction of sp³-hybridized carbons (Fsp3) is 0.500. The van der Waals surface area contributed by atoms with Gasteiger partial charge in [-0.05, 0) is 11.6 Å². The summed E-state index contributed by atoms with van der Waals surface area (Å²) in [5, 5.41) is 0. The van der Waals surface area contributed by atoms with Gasteiger partial charge in [-0.15, -0.1) is 0 Å². The van der Waals surface area contributed by atoms with E-state index in [1.165, 1.54) is 11.1 Å². The van der Waals surface area contributed by atoms with Gasteiger partial charge in [0.15, 0.2) is 0 Å². The van der Waals surface area contributed by atoms with Crippen molar-refractivity contribution in [3.63, 3.8) is 0 Å². The molecule has 0 aromatic carbocycles. The van der Waals surface area contributed by atoms with E-state index in [0.717, 1.165) is 11.3 Å². The zero-order chi connectivity index (χ0) is 11.8. The van der Waals surface area contributed by atoms with Gasteiger partial charge >= 0.3 is 6.18 Å². The predicted molar refractivity (Wildman–Crippen MR) is 53.7 cm³/mol. The standard InChI is InChI=1S/C10H12F3N3/c11-10(12,13)6-16-2-1-9-7(5-16)3-8(14)4-15-9/h3-4H,1-2,5-6,14H2. The molecule has 2 heterocycles. The van der Waals surface area contributed by atoms with E-state index >= 15 is 0 Å². The lowest BCUT2D eigenvalue weighted by atomic mass is 10.1. The average molecular weight is 231 g/mol. The Morgan fingerprint density at radius 1 is 1.44 bits per heavy atom. The Morgan fingerprint density at radius 2 is 2.19 bits per heavy atom. The highest BCUT2D eigenvalue weighted by atomic mass is 19.4. The number of anilines is 1. The molecule has 0 radical (unpaired) electrons. The smallest absolute Gasteiger partial charge is 0.397 e. The van der Waals surface area contributed by atoms with Gasteiger partial charge in [-0.3, -0.25) is 9.88 Å². The number of nitrogen functional groups attached to an aromatic ring is 1. The normalized spacial score (nSPS) is 17.2. The summed E-state index contributed by atoms with van der Waals surface area (Å²) in [4.78, 5) is 5.48. The van der Waals surface area contributed by atoms with Gasteiger partial charge in [-0.25, -0.2) is 0 Å². The van der Waals surface area contributed by atoms with Crippen molar-refractivity contribution in [2.45, 2.75) is 19.1 Å². The van der Waals surface area contributed by atoms with E-state index in [9.17, 15) is 13.2 Å². The first kappa shape index (κ1) is 11.2. The van der Waals surface area contributed by atoms with Gasteiger partial charge in [-0.2, -0.15) is 13.2 Å². The molecule has 3 nitrogen and oxygen atoms in total. The van der Waals surface area contributed by atoms with Crippen LogP contribution in [0.1, 0.15) is 11.3 Å². The molecular weight excluding hydrogens is 219 g/mol. The second kappa shape index (κ2) is 3.93. The minimum absolute atomic E-state index is 0.271. The number of hydrogen-bond acceptors (Lipinski definition) is 3. The predicted octanol–water partition coefficient (Wildman–Crippen LogP) is 1.58. The second-order valence-electron chi connectivity index (χ2n) is 3.95. The van der Waals surface area contributed by atoms with Crippen molar-refractivity contribution >= 4 is 5.69 Å². The highest BCUT2D eigenvalue weighted by Gasteiger charge is 2.32. The van der Waals surface area contributed by atoms with E-state index in [2.05, 4.69) is 4.98 Å². The molecule has 0 saturated heterocycles. The van der Waals surface area contributed by atoms with Crippen molar-refractivity contribution in [2.24, 2.45) is 0 Å². The van der Waals surface area contributed by atoms with Gasteiger partial charge in [0.05, 0.1) is 18.4 Å². The third-order valence-corrected chi connectivity index (χ3v) is 2.54. The minimum atomic E-state index is -4.15. The van der Waals surface area contributed by atoms with E-state index in [1.807, 2.05) is 0 Å². The van der Waals surface area contributed by atoms with Crippen molar-refractivity contribution in [2.75, 3.05) is 18.8 Å². The highest BCUT2D eigenvalue weighted by molar-refractivity contribution is 5.40. The van der Waals surface area contributed by atoms with Crippen LogP contribution in [0, 0.1) is 0 Å². The maximum atomic E-state index is 12.2. The number of nitrogens with two attached hydrogens (primary N) is 1. The minimum Gasteiger partial charge on any atom is -0.397 e. The lowest BCUT2D eigenvalue weighted by Crippen LogP contribution is -2.38. The number of pyridine rings is 1. The summed E-state index contributed by atoms with van der Waals surface area (Å²) >= 11 is 0. The first-order chi connectivity index (χ1) is 7.44. The SMILES string of the molecule is Nc1cnc2c(c1)CN(CC(F)(F)F)CC2. The molecule has 1 aromatic heterocycles. The van der Waals surface area contributed by atoms with Crippen LogP contribution >= 0.6 is 0 Å². The number of nitrogens with zero attached hydrogens (tertiary/aromatic N) is 2. The van der Waals surface area contributed by atoms with Crippen LogP contribution in [0.2, 0.25) is 0 Å². The molecular formula is C10H12F3N3. The number of halogens is 3. The van der Waals surface area contributed by atoms with Gasteiger partial charge in [0.25, 0.3) is 0 Å². The molecule has 2 N–H and O–H groups in total. The van der Waals surface area contributed by atoms with Crippen molar-refractivity contribution < 1.29 is 13.2 Å². The molecule has 16 heavy (non-hydrogen) atoms. The Balaban J connectivity index is 2.11. The number of aromatic nitrogens is 1. The maximum absolute atomic E-state index is 12.2. The topological polar surface area (TPSA) is 42.1 Å². The Bertz CT molecular complexity index is 389. The number of fused-ring (bicyclic) bond motifs is 1. The van der Waals surface area contributed by atoms with E-state index in [0.29, 0.717) is 18.7 Å². The fourth-order valence-electron chi connectivity index (χ4n) is 1.89. The average Bonchev–Trinajstić information content (AvgIpc) is 2.14. The van der Waals surface area contributed by atoms with Gasteiger partial charge in [0, 0.05) is 25.2 Å². The van der Waals surface area contributed by atoms with Gasteiger partial charge in [0.1, 0.15) is 0 Å². The summed E-state index contributed by atoms with van der Waals surface area (Å²) in [5.74, 6) is 0. The Kier molecular flexibility index (Phi) is 2.75. The number of rotatable bonds is 1. The van der Waals surface area contributed by atoms with Crippen molar-refractivity contribution in [1.82, 2.24) is 9.88 Å². The van der Waals surface area contributed by atoms with Crippen molar-refractivity contribution in [3.05, 3.63) is 23.5 Å². The van der Waals surface area contributed by atoms with E-state index in [1.54, 1.807) is 6.07 Å². The molecule has 0 fully saturated rings. The third-order valence-electron chi connectivity index (χ3n) is 2.54. The summed E-state index contributed by atoms with van der Waals surface area (Å²) in [7, 11) is 0. The molecule has 0 atom stereocenters. The van der Waals surface area contributed by atoms with Crippen LogP contribution in [0.3, 0.4) is 0 Å². The Morgan fingerprint density at radius 3 is 2.88 bits per heavy atom. The van der Waals surface area contributed by atoms with E-state index in [-0.39, 0.29) is 6.54 Å². The zero-order valence-electron chi connectivity index (χ0n) is 8.59. The summed E-state index contributed by atoms with van der Waals surface area (Å²) in [6.45, 7) is -0.211. The van der Waals surface area contributed by atoms with Crippen LogP contribution < -0.4 is 5.73 Å². The van der Waals surface area contributed by atoms with Crippen LogP contribution in [0.5, 0.6) is 0 Å².